The molecule has 21 heavy (non-hydrogen) atoms. The Balaban J connectivity index is 1.97. The number of rotatable bonds is 6. The number of halogens is 1. The Morgan fingerprint density at radius 3 is 2.76 bits per heavy atom. The second-order valence-electron chi connectivity index (χ2n) is 4.88. The predicted octanol–water partition coefficient (Wildman–Crippen LogP) is 3.49. The number of amides is 1. The average molecular weight is 354 g/mol. The minimum absolute atomic E-state index is 0.118. The molecule has 2 N–H and O–H groups in total. The third kappa shape index (κ3) is 4.07. The molecule has 0 saturated carbocycles. The highest BCUT2D eigenvalue weighted by atomic mass is 79.9. The number of carbonyl (C=O) groups is 2. The van der Waals surface area contributed by atoms with Crippen LogP contribution in [0.1, 0.15) is 35.4 Å². The van der Waals surface area contributed by atoms with Crippen molar-refractivity contribution in [2.75, 3.05) is 6.54 Å². The van der Waals surface area contributed by atoms with Crippen LogP contribution in [0.3, 0.4) is 0 Å². The van der Waals surface area contributed by atoms with Crippen molar-refractivity contribution in [1.82, 2.24) is 5.32 Å². The summed E-state index contributed by atoms with van der Waals surface area (Å²) < 4.78 is 6.38. The topological polar surface area (TPSA) is 79.5 Å². The highest BCUT2D eigenvalue weighted by Gasteiger charge is 2.13. The fourth-order valence-corrected chi connectivity index (χ4v) is 2.72. The molecule has 112 valence electrons. The lowest BCUT2D eigenvalue weighted by Gasteiger charge is -2.01. The summed E-state index contributed by atoms with van der Waals surface area (Å²) in [6.45, 7) is 2.41. The Hall–Kier alpha value is -1.82. The lowest BCUT2D eigenvalue weighted by Crippen LogP contribution is -2.24. The van der Waals surface area contributed by atoms with Gasteiger partial charge < -0.3 is 14.8 Å². The lowest BCUT2D eigenvalue weighted by atomic mass is 10.2. The van der Waals surface area contributed by atoms with Crippen molar-refractivity contribution in [3.63, 3.8) is 0 Å². The van der Waals surface area contributed by atoms with Gasteiger partial charge in [-0.25, -0.2) is 0 Å². The smallest absolute Gasteiger partial charge is 0.303 e. The number of aryl methyl sites for hydroxylation is 1. The molecule has 1 aromatic heterocycles. The van der Waals surface area contributed by atoms with Crippen LogP contribution >= 0.6 is 15.9 Å². The summed E-state index contributed by atoms with van der Waals surface area (Å²) in [6.07, 6.45) is 1.29. The third-order valence-corrected chi connectivity index (χ3v) is 3.63. The van der Waals surface area contributed by atoms with Crippen molar-refractivity contribution in [2.24, 2.45) is 0 Å². The number of carbonyl (C=O) groups excluding carboxylic acids is 1. The van der Waals surface area contributed by atoms with E-state index in [4.69, 9.17) is 9.52 Å². The summed E-state index contributed by atoms with van der Waals surface area (Å²) in [7, 11) is 0. The maximum absolute atomic E-state index is 12.0. The van der Waals surface area contributed by atoms with Gasteiger partial charge in [-0.2, -0.15) is 0 Å². The van der Waals surface area contributed by atoms with Crippen molar-refractivity contribution < 1.29 is 19.1 Å². The highest BCUT2D eigenvalue weighted by Crippen LogP contribution is 2.28. The Labute approximate surface area is 130 Å². The van der Waals surface area contributed by atoms with Gasteiger partial charge in [-0.1, -0.05) is 0 Å². The second kappa shape index (κ2) is 6.76. The second-order valence-corrected chi connectivity index (χ2v) is 5.74. The van der Waals surface area contributed by atoms with Gasteiger partial charge in [-0.3, -0.25) is 9.59 Å². The minimum Gasteiger partial charge on any atom is -0.481 e. The van der Waals surface area contributed by atoms with Crippen molar-refractivity contribution in [1.29, 1.82) is 0 Å². The molecular weight excluding hydrogens is 338 g/mol. The van der Waals surface area contributed by atoms with Gasteiger partial charge in [0.1, 0.15) is 5.58 Å². The maximum Gasteiger partial charge on any atom is 0.303 e. The van der Waals surface area contributed by atoms with Crippen LogP contribution in [0.2, 0.25) is 0 Å². The molecule has 0 radical (unpaired) electrons. The van der Waals surface area contributed by atoms with Gasteiger partial charge in [0.05, 0.1) is 4.47 Å². The molecule has 2 aromatic rings. The van der Waals surface area contributed by atoms with Crippen LogP contribution in [0, 0.1) is 6.92 Å². The van der Waals surface area contributed by atoms with Gasteiger partial charge in [0, 0.05) is 18.4 Å². The number of hydrogen-bond donors (Lipinski definition) is 2. The molecule has 0 atom stereocenters. The molecule has 0 bridgehead atoms. The standard InChI is InChI=1S/C15H16BrNO4/c1-9-6-10-8-12(21-14(10)11(16)7-9)15(20)17-5-3-2-4-13(18)19/h6-8H,2-5H2,1H3,(H,17,20)(H,18,19). The Kier molecular flexibility index (Phi) is 5.01. The third-order valence-electron chi connectivity index (χ3n) is 3.04. The number of aliphatic carboxylic acids is 1. The summed E-state index contributed by atoms with van der Waals surface area (Å²) in [4.78, 5) is 22.3. The van der Waals surface area contributed by atoms with Gasteiger partial charge >= 0.3 is 5.97 Å². The SMILES string of the molecule is Cc1cc(Br)c2oc(C(=O)NCCCCC(=O)O)cc2c1. The summed E-state index contributed by atoms with van der Waals surface area (Å²) in [6, 6.07) is 5.59. The molecular formula is C15H16BrNO4. The van der Waals surface area contributed by atoms with Crippen molar-refractivity contribution >= 4 is 38.8 Å². The number of nitrogens with one attached hydrogen (secondary N) is 1. The van der Waals surface area contributed by atoms with Crippen LogP contribution in [-0.4, -0.2) is 23.5 Å². The first-order valence-corrected chi connectivity index (χ1v) is 7.46. The summed E-state index contributed by atoms with van der Waals surface area (Å²) in [5, 5.41) is 12.1. The molecule has 5 nitrogen and oxygen atoms in total. The van der Waals surface area contributed by atoms with E-state index in [0.29, 0.717) is 25.0 Å². The van der Waals surface area contributed by atoms with Crippen LogP contribution in [0.5, 0.6) is 0 Å². The molecule has 1 aromatic carbocycles. The Morgan fingerprint density at radius 2 is 2.05 bits per heavy atom. The Morgan fingerprint density at radius 1 is 1.29 bits per heavy atom. The molecule has 0 spiro atoms. The van der Waals surface area contributed by atoms with Gasteiger partial charge in [0.2, 0.25) is 0 Å². The number of benzene rings is 1. The van der Waals surface area contributed by atoms with Gasteiger partial charge in [0.25, 0.3) is 5.91 Å². The van der Waals surface area contributed by atoms with Crippen LogP contribution in [0.4, 0.5) is 0 Å². The lowest BCUT2D eigenvalue weighted by molar-refractivity contribution is -0.137. The Bertz CT molecular complexity index is 678. The maximum atomic E-state index is 12.0. The zero-order chi connectivity index (χ0) is 15.4. The zero-order valence-corrected chi connectivity index (χ0v) is 13.2. The molecule has 1 heterocycles. The van der Waals surface area contributed by atoms with E-state index in [1.54, 1.807) is 6.07 Å². The predicted molar refractivity (Wildman–Crippen MR) is 82.5 cm³/mol. The minimum atomic E-state index is -0.821. The number of furan rings is 1. The van der Waals surface area contributed by atoms with Gasteiger partial charge in [-0.05, 0) is 59.5 Å². The van der Waals surface area contributed by atoms with E-state index in [-0.39, 0.29) is 18.1 Å². The molecule has 0 saturated heterocycles. The number of carboxylic acids is 1. The first-order valence-electron chi connectivity index (χ1n) is 6.67. The summed E-state index contributed by atoms with van der Waals surface area (Å²) in [5.41, 5.74) is 1.73. The molecule has 0 aliphatic carbocycles. The molecule has 6 heteroatoms. The van der Waals surface area contributed by atoms with Crippen molar-refractivity contribution in [2.45, 2.75) is 26.2 Å². The quantitative estimate of drug-likeness (QED) is 0.779. The molecule has 2 rings (SSSR count). The highest BCUT2D eigenvalue weighted by molar-refractivity contribution is 9.10. The monoisotopic (exact) mass is 353 g/mol. The van der Waals surface area contributed by atoms with Crippen LogP contribution in [0.15, 0.2) is 27.1 Å². The fourth-order valence-electron chi connectivity index (χ4n) is 2.05. The molecule has 0 aliphatic heterocycles. The molecule has 0 fully saturated rings. The van der Waals surface area contributed by atoms with E-state index in [1.807, 2.05) is 19.1 Å². The number of hydrogen-bond acceptors (Lipinski definition) is 3. The van der Waals surface area contributed by atoms with Gasteiger partial charge in [-0.15, -0.1) is 0 Å². The van der Waals surface area contributed by atoms with Gasteiger partial charge in [0.15, 0.2) is 5.76 Å². The molecule has 0 aliphatic rings. The van der Waals surface area contributed by atoms with E-state index < -0.39 is 5.97 Å². The number of unbranched alkanes of at least 4 members (excludes halogenated alkanes) is 1. The normalized spacial score (nSPS) is 10.8. The fraction of sp³-hybridized carbons (Fsp3) is 0.333. The van der Waals surface area contributed by atoms with E-state index in [2.05, 4.69) is 21.2 Å². The zero-order valence-electron chi connectivity index (χ0n) is 11.6. The van der Waals surface area contributed by atoms with Crippen molar-refractivity contribution in [3.05, 3.63) is 34.0 Å². The summed E-state index contributed by atoms with van der Waals surface area (Å²) >= 11 is 3.42. The number of carboxylic acid groups (broad SMARTS) is 1. The van der Waals surface area contributed by atoms with Crippen LogP contribution in [0.25, 0.3) is 11.0 Å². The largest absolute Gasteiger partial charge is 0.481 e. The first-order chi connectivity index (χ1) is 9.97. The first kappa shape index (κ1) is 15.6. The van der Waals surface area contributed by atoms with E-state index in [1.165, 1.54) is 0 Å². The van der Waals surface area contributed by atoms with E-state index in [0.717, 1.165) is 15.4 Å². The summed E-state index contributed by atoms with van der Waals surface area (Å²) in [5.74, 6) is -0.848. The van der Waals surface area contributed by atoms with E-state index >= 15 is 0 Å². The van der Waals surface area contributed by atoms with Crippen molar-refractivity contribution in [3.8, 4) is 0 Å². The number of fused-ring (bicyclic) bond motifs is 1. The van der Waals surface area contributed by atoms with E-state index in [9.17, 15) is 9.59 Å². The molecule has 1 amide bonds. The average Bonchev–Trinajstić information content (AvgIpc) is 2.82. The van der Waals surface area contributed by atoms with Crippen LogP contribution in [-0.2, 0) is 4.79 Å². The van der Waals surface area contributed by atoms with Crippen LogP contribution < -0.4 is 5.32 Å². The molecule has 0 unspecified atom stereocenters.